The van der Waals surface area contributed by atoms with Crippen LogP contribution in [0.4, 0.5) is 4.39 Å². The number of benzene rings is 2. The maximum atomic E-state index is 13.8. The molecule has 0 spiro atoms. The average Bonchev–Trinajstić information content (AvgIpc) is 2.63. The highest BCUT2D eigenvalue weighted by molar-refractivity contribution is 6.42. The molecule has 0 unspecified atom stereocenters. The lowest BCUT2D eigenvalue weighted by molar-refractivity contribution is 0.0694. The van der Waals surface area contributed by atoms with Crippen LogP contribution in [0.3, 0.4) is 0 Å². The van der Waals surface area contributed by atoms with Gasteiger partial charge in [0.15, 0.2) is 0 Å². The van der Waals surface area contributed by atoms with E-state index in [9.17, 15) is 9.18 Å². The first-order chi connectivity index (χ1) is 12.0. The standard InChI is InChI=1S/C19H19Cl2FN2O/c20-17-4-1-13(9-18(17)21)16-10-14(22)2-3-15(16)19(25)24-7-5-12(11-23)6-8-24/h1-4,9-10,12H,5-8,11,23H2. The predicted octanol–water partition coefficient (Wildman–Crippen LogP) is 4.61. The van der Waals surface area contributed by atoms with Crippen LogP contribution in [0.15, 0.2) is 36.4 Å². The molecule has 3 rings (SSSR count). The molecule has 1 aliphatic rings. The van der Waals surface area contributed by atoms with Crippen molar-refractivity contribution < 1.29 is 9.18 Å². The fourth-order valence-corrected chi connectivity index (χ4v) is 3.45. The van der Waals surface area contributed by atoms with Gasteiger partial charge in [0.25, 0.3) is 5.91 Å². The van der Waals surface area contributed by atoms with Gasteiger partial charge in [0.05, 0.1) is 10.0 Å². The molecule has 2 N–H and O–H groups in total. The second-order valence-electron chi connectivity index (χ2n) is 6.29. The van der Waals surface area contributed by atoms with Gasteiger partial charge in [0, 0.05) is 18.7 Å². The van der Waals surface area contributed by atoms with Crippen molar-refractivity contribution in [2.45, 2.75) is 12.8 Å². The minimum Gasteiger partial charge on any atom is -0.339 e. The molecule has 0 radical (unpaired) electrons. The van der Waals surface area contributed by atoms with Crippen LogP contribution < -0.4 is 5.73 Å². The zero-order valence-corrected chi connectivity index (χ0v) is 15.2. The number of nitrogens with zero attached hydrogens (tertiary/aromatic N) is 1. The molecule has 1 aliphatic heterocycles. The number of carbonyl (C=O) groups is 1. The summed E-state index contributed by atoms with van der Waals surface area (Å²) in [5, 5.41) is 0.782. The SMILES string of the molecule is NCC1CCN(C(=O)c2ccc(F)cc2-c2ccc(Cl)c(Cl)c2)CC1. The van der Waals surface area contributed by atoms with E-state index >= 15 is 0 Å². The van der Waals surface area contributed by atoms with Gasteiger partial charge in [-0.25, -0.2) is 4.39 Å². The van der Waals surface area contributed by atoms with Crippen molar-refractivity contribution in [2.75, 3.05) is 19.6 Å². The van der Waals surface area contributed by atoms with Crippen LogP contribution in [-0.4, -0.2) is 30.4 Å². The summed E-state index contributed by atoms with van der Waals surface area (Å²) in [5.41, 5.74) is 7.35. The van der Waals surface area contributed by atoms with E-state index in [0.29, 0.717) is 52.3 Å². The van der Waals surface area contributed by atoms with Crippen LogP contribution >= 0.6 is 23.2 Å². The van der Waals surface area contributed by atoms with Gasteiger partial charge < -0.3 is 10.6 Å². The van der Waals surface area contributed by atoms with Gasteiger partial charge in [-0.05, 0) is 66.8 Å². The molecule has 1 heterocycles. The molecule has 2 aromatic rings. The van der Waals surface area contributed by atoms with Crippen molar-refractivity contribution in [2.24, 2.45) is 11.7 Å². The lowest BCUT2D eigenvalue weighted by atomic mass is 9.94. The Labute approximate surface area is 156 Å². The number of amides is 1. The summed E-state index contributed by atoms with van der Waals surface area (Å²) >= 11 is 12.0. The minimum atomic E-state index is -0.403. The van der Waals surface area contributed by atoms with E-state index < -0.39 is 5.82 Å². The fraction of sp³-hybridized carbons (Fsp3) is 0.316. The first kappa shape index (κ1) is 18.2. The normalized spacial score (nSPS) is 15.4. The van der Waals surface area contributed by atoms with E-state index in [0.717, 1.165) is 12.8 Å². The Morgan fingerprint density at radius 2 is 1.84 bits per heavy atom. The lowest BCUT2D eigenvalue weighted by Crippen LogP contribution is -2.40. The van der Waals surface area contributed by atoms with Gasteiger partial charge in [0.1, 0.15) is 5.82 Å². The number of rotatable bonds is 3. The monoisotopic (exact) mass is 380 g/mol. The minimum absolute atomic E-state index is 0.100. The van der Waals surface area contributed by atoms with E-state index in [1.54, 1.807) is 23.1 Å². The molecule has 3 nitrogen and oxygen atoms in total. The summed E-state index contributed by atoms with van der Waals surface area (Å²) in [4.78, 5) is 14.8. The van der Waals surface area contributed by atoms with Gasteiger partial charge in [-0.3, -0.25) is 4.79 Å². The Bertz CT molecular complexity index is 789. The van der Waals surface area contributed by atoms with Gasteiger partial charge in [-0.2, -0.15) is 0 Å². The summed E-state index contributed by atoms with van der Waals surface area (Å²) in [6.07, 6.45) is 1.79. The Morgan fingerprint density at radius 3 is 2.48 bits per heavy atom. The summed E-state index contributed by atoms with van der Waals surface area (Å²) in [7, 11) is 0. The third-order valence-electron chi connectivity index (χ3n) is 4.68. The van der Waals surface area contributed by atoms with Crippen molar-refractivity contribution in [1.82, 2.24) is 4.90 Å². The molecule has 1 saturated heterocycles. The van der Waals surface area contributed by atoms with Gasteiger partial charge in [-0.15, -0.1) is 0 Å². The molecule has 0 atom stereocenters. The highest BCUT2D eigenvalue weighted by Crippen LogP contribution is 2.32. The smallest absolute Gasteiger partial charge is 0.254 e. The number of hydrogen-bond acceptors (Lipinski definition) is 2. The summed E-state index contributed by atoms with van der Waals surface area (Å²) in [6, 6.07) is 9.23. The van der Waals surface area contributed by atoms with E-state index in [2.05, 4.69) is 0 Å². The molecule has 132 valence electrons. The largest absolute Gasteiger partial charge is 0.339 e. The number of halogens is 3. The van der Waals surface area contributed by atoms with E-state index in [-0.39, 0.29) is 5.91 Å². The number of hydrogen-bond donors (Lipinski definition) is 1. The van der Waals surface area contributed by atoms with Crippen molar-refractivity contribution >= 4 is 29.1 Å². The summed E-state index contributed by atoms with van der Waals surface area (Å²) in [6.45, 7) is 1.98. The first-order valence-electron chi connectivity index (χ1n) is 8.24. The maximum Gasteiger partial charge on any atom is 0.254 e. The zero-order valence-electron chi connectivity index (χ0n) is 13.6. The second-order valence-corrected chi connectivity index (χ2v) is 7.10. The van der Waals surface area contributed by atoms with Crippen LogP contribution in [0, 0.1) is 11.7 Å². The van der Waals surface area contributed by atoms with Crippen LogP contribution in [0.5, 0.6) is 0 Å². The number of nitrogens with two attached hydrogens (primary N) is 1. The number of likely N-dealkylation sites (tertiary alicyclic amines) is 1. The van der Waals surface area contributed by atoms with Gasteiger partial charge >= 0.3 is 0 Å². The van der Waals surface area contributed by atoms with Crippen molar-refractivity contribution in [3.63, 3.8) is 0 Å². The summed E-state index contributed by atoms with van der Waals surface area (Å²) < 4.78 is 13.8. The molecule has 1 amide bonds. The fourth-order valence-electron chi connectivity index (χ4n) is 3.15. The molecule has 0 saturated carbocycles. The predicted molar refractivity (Wildman–Crippen MR) is 99.5 cm³/mol. The zero-order chi connectivity index (χ0) is 18.0. The van der Waals surface area contributed by atoms with Crippen molar-refractivity contribution in [3.05, 3.63) is 57.8 Å². The average molecular weight is 381 g/mol. The van der Waals surface area contributed by atoms with Crippen molar-refractivity contribution in [3.8, 4) is 11.1 Å². The molecule has 2 aromatic carbocycles. The molecular formula is C19H19Cl2FN2O. The molecule has 25 heavy (non-hydrogen) atoms. The summed E-state index contributed by atoms with van der Waals surface area (Å²) in [5.74, 6) is -0.0391. The Balaban J connectivity index is 1.94. The Morgan fingerprint density at radius 1 is 1.12 bits per heavy atom. The quantitative estimate of drug-likeness (QED) is 0.844. The van der Waals surface area contributed by atoms with E-state index in [1.165, 1.54) is 18.2 Å². The third kappa shape index (κ3) is 3.97. The van der Waals surface area contributed by atoms with Crippen LogP contribution in [0.25, 0.3) is 11.1 Å². The van der Waals surface area contributed by atoms with Gasteiger partial charge in [0.2, 0.25) is 0 Å². The van der Waals surface area contributed by atoms with Gasteiger partial charge in [-0.1, -0.05) is 29.3 Å². The topological polar surface area (TPSA) is 46.3 Å². The number of carbonyl (C=O) groups excluding carboxylic acids is 1. The van der Waals surface area contributed by atoms with E-state index in [1.807, 2.05) is 0 Å². The first-order valence-corrected chi connectivity index (χ1v) is 8.99. The lowest BCUT2D eigenvalue weighted by Gasteiger charge is -2.32. The highest BCUT2D eigenvalue weighted by Gasteiger charge is 2.25. The van der Waals surface area contributed by atoms with E-state index in [4.69, 9.17) is 28.9 Å². The third-order valence-corrected chi connectivity index (χ3v) is 5.42. The second kappa shape index (κ2) is 7.73. The molecular weight excluding hydrogens is 362 g/mol. The molecule has 0 aromatic heterocycles. The van der Waals surface area contributed by atoms with Crippen LogP contribution in [0.1, 0.15) is 23.2 Å². The van der Waals surface area contributed by atoms with Crippen LogP contribution in [-0.2, 0) is 0 Å². The molecule has 6 heteroatoms. The highest BCUT2D eigenvalue weighted by atomic mass is 35.5. The van der Waals surface area contributed by atoms with Crippen molar-refractivity contribution in [1.29, 1.82) is 0 Å². The Hall–Kier alpha value is -1.62. The number of piperidine rings is 1. The van der Waals surface area contributed by atoms with Crippen LogP contribution in [0.2, 0.25) is 10.0 Å². The Kier molecular flexibility index (Phi) is 5.62. The molecule has 1 fully saturated rings. The molecule has 0 bridgehead atoms. The molecule has 0 aliphatic carbocycles. The maximum absolute atomic E-state index is 13.8.